The van der Waals surface area contributed by atoms with E-state index in [4.69, 9.17) is 4.74 Å². The van der Waals surface area contributed by atoms with Crippen LogP contribution in [0.5, 0.6) is 0 Å². The van der Waals surface area contributed by atoms with Gasteiger partial charge in [0, 0.05) is 44.8 Å². The van der Waals surface area contributed by atoms with Crippen molar-refractivity contribution in [1.29, 1.82) is 0 Å². The molecular formula is C22H26F3N3O4. The van der Waals surface area contributed by atoms with Crippen LogP contribution >= 0.6 is 0 Å². The first-order valence-corrected chi connectivity index (χ1v) is 10.9. The summed E-state index contributed by atoms with van der Waals surface area (Å²) in [5, 5.41) is 0. The number of benzene rings is 1. The molecule has 1 aromatic rings. The Balaban J connectivity index is 1.40. The Morgan fingerprint density at radius 2 is 1.69 bits per heavy atom. The van der Waals surface area contributed by atoms with Crippen molar-refractivity contribution in [1.82, 2.24) is 9.80 Å². The maximum atomic E-state index is 13.1. The molecule has 174 valence electrons. The van der Waals surface area contributed by atoms with Crippen LogP contribution in [0, 0.1) is 11.8 Å². The molecule has 1 aromatic carbocycles. The summed E-state index contributed by atoms with van der Waals surface area (Å²) in [6, 6.07) is 4.58. The van der Waals surface area contributed by atoms with Crippen LogP contribution in [0.3, 0.4) is 0 Å². The van der Waals surface area contributed by atoms with Crippen LogP contribution in [0.4, 0.5) is 18.9 Å². The van der Waals surface area contributed by atoms with Crippen molar-refractivity contribution in [2.75, 3.05) is 50.8 Å². The summed E-state index contributed by atoms with van der Waals surface area (Å²) in [5.74, 6) is -1.47. The second-order valence-electron chi connectivity index (χ2n) is 8.51. The largest absolute Gasteiger partial charge is 0.416 e. The standard InChI is InChI=1S/C22H26F3N3O4/c23-22(24,25)17-4-1-5-18(12-17)28-14-16(11-19(28)29)21(31)27-6-2-3-15(13-27)20(30)26-7-9-32-10-8-26/h1,4-5,12,15-16H,2-3,6-11,13-14H2. The zero-order valence-corrected chi connectivity index (χ0v) is 17.6. The van der Waals surface area contributed by atoms with Crippen LogP contribution in [0.2, 0.25) is 0 Å². The molecule has 3 aliphatic heterocycles. The highest BCUT2D eigenvalue weighted by molar-refractivity contribution is 6.00. The summed E-state index contributed by atoms with van der Waals surface area (Å²) in [6.45, 7) is 2.98. The van der Waals surface area contributed by atoms with Crippen LogP contribution in [0.25, 0.3) is 0 Å². The number of amides is 3. The molecule has 10 heteroatoms. The maximum absolute atomic E-state index is 13.1. The number of rotatable bonds is 3. The Hall–Kier alpha value is -2.62. The number of carbonyl (C=O) groups excluding carboxylic acids is 3. The van der Waals surface area contributed by atoms with Crippen LogP contribution in [0.1, 0.15) is 24.8 Å². The van der Waals surface area contributed by atoms with Gasteiger partial charge in [0.1, 0.15) is 0 Å². The van der Waals surface area contributed by atoms with E-state index < -0.39 is 17.7 Å². The lowest BCUT2D eigenvalue weighted by atomic mass is 9.94. The van der Waals surface area contributed by atoms with E-state index in [2.05, 4.69) is 0 Å². The second-order valence-corrected chi connectivity index (χ2v) is 8.51. The lowest BCUT2D eigenvalue weighted by Gasteiger charge is -2.37. The van der Waals surface area contributed by atoms with E-state index in [0.29, 0.717) is 52.2 Å². The minimum absolute atomic E-state index is 0.0268. The highest BCUT2D eigenvalue weighted by atomic mass is 19.4. The number of alkyl halides is 3. The molecule has 4 rings (SSSR count). The fraction of sp³-hybridized carbons (Fsp3) is 0.591. The predicted octanol–water partition coefficient (Wildman–Crippen LogP) is 2.16. The minimum Gasteiger partial charge on any atom is -0.378 e. The van der Waals surface area contributed by atoms with Gasteiger partial charge in [0.15, 0.2) is 0 Å². The molecule has 3 fully saturated rings. The predicted molar refractivity (Wildman–Crippen MR) is 109 cm³/mol. The Labute approximate surface area is 184 Å². The summed E-state index contributed by atoms with van der Waals surface area (Å²) < 4.78 is 44.4. The van der Waals surface area contributed by atoms with Crippen LogP contribution in [0.15, 0.2) is 24.3 Å². The summed E-state index contributed by atoms with van der Waals surface area (Å²) >= 11 is 0. The summed E-state index contributed by atoms with van der Waals surface area (Å²) in [5.41, 5.74) is -0.697. The molecule has 3 aliphatic rings. The molecule has 2 atom stereocenters. The number of morpholine rings is 1. The van der Waals surface area contributed by atoms with Crippen molar-refractivity contribution in [2.45, 2.75) is 25.4 Å². The number of ether oxygens (including phenoxy) is 1. The molecule has 0 aromatic heterocycles. The van der Waals surface area contributed by atoms with Gasteiger partial charge in [-0.05, 0) is 31.0 Å². The molecule has 0 aliphatic carbocycles. The number of likely N-dealkylation sites (tertiary alicyclic amines) is 1. The zero-order valence-electron chi connectivity index (χ0n) is 17.6. The van der Waals surface area contributed by atoms with E-state index in [-0.39, 0.29) is 42.3 Å². The fourth-order valence-electron chi connectivity index (χ4n) is 4.65. The van der Waals surface area contributed by atoms with Crippen molar-refractivity contribution >= 4 is 23.4 Å². The molecule has 3 saturated heterocycles. The van der Waals surface area contributed by atoms with Crippen molar-refractivity contribution in [3.63, 3.8) is 0 Å². The smallest absolute Gasteiger partial charge is 0.378 e. The zero-order chi connectivity index (χ0) is 22.9. The Morgan fingerprint density at radius 1 is 0.969 bits per heavy atom. The van der Waals surface area contributed by atoms with Crippen molar-refractivity contribution in [3.05, 3.63) is 29.8 Å². The molecule has 0 radical (unpaired) electrons. The fourth-order valence-corrected chi connectivity index (χ4v) is 4.65. The Bertz CT molecular complexity index is 885. The highest BCUT2D eigenvalue weighted by Crippen LogP contribution is 2.34. The number of piperidine rings is 1. The highest BCUT2D eigenvalue weighted by Gasteiger charge is 2.40. The average Bonchev–Trinajstić information content (AvgIpc) is 3.20. The SMILES string of the molecule is O=C(C1CCCN(C(=O)C2CC(=O)N(c3cccc(C(F)(F)F)c3)C2)C1)N1CCOCC1. The van der Waals surface area contributed by atoms with Gasteiger partial charge in [-0.25, -0.2) is 0 Å². The third kappa shape index (κ3) is 4.74. The third-order valence-electron chi connectivity index (χ3n) is 6.36. The van der Waals surface area contributed by atoms with Crippen LogP contribution < -0.4 is 4.90 Å². The molecule has 3 amide bonds. The number of carbonyl (C=O) groups is 3. The van der Waals surface area contributed by atoms with Gasteiger partial charge in [-0.15, -0.1) is 0 Å². The van der Waals surface area contributed by atoms with Gasteiger partial charge in [0.25, 0.3) is 0 Å². The van der Waals surface area contributed by atoms with Crippen LogP contribution in [-0.4, -0.2) is 73.5 Å². The molecule has 32 heavy (non-hydrogen) atoms. The molecule has 0 saturated carbocycles. The van der Waals surface area contributed by atoms with E-state index in [9.17, 15) is 27.6 Å². The first kappa shape index (κ1) is 22.6. The van der Waals surface area contributed by atoms with Gasteiger partial charge in [0.2, 0.25) is 17.7 Å². The first-order valence-electron chi connectivity index (χ1n) is 10.9. The molecule has 7 nitrogen and oxygen atoms in total. The number of nitrogens with zero attached hydrogens (tertiary/aromatic N) is 3. The summed E-state index contributed by atoms with van der Waals surface area (Å²) in [7, 11) is 0. The summed E-state index contributed by atoms with van der Waals surface area (Å²) in [6.07, 6.45) is -3.15. The monoisotopic (exact) mass is 453 g/mol. The van der Waals surface area contributed by atoms with Gasteiger partial charge in [-0.1, -0.05) is 6.07 Å². The number of hydrogen-bond donors (Lipinski definition) is 0. The Kier molecular flexibility index (Phi) is 6.41. The number of halogens is 3. The summed E-state index contributed by atoms with van der Waals surface area (Å²) in [4.78, 5) is 43.1. The maximum Gasteiger partial charge on any atom is 0.416 e. The van der Waals surface area contributed by atoms with Crippen molar-refractivity contribution in [2.24, 2.45) is 11.8 Å². The van der Waals surface area contributed by atoms with E-state index in [1.807, 2.05) is 0 Å². The lowest BCUT2D eigenvalue weighted by molar-refractivity contribution is -0.145. The van der Waals surface area contributed by atoms with Gasteiger partial charge in [0.05, 0.1) is 30.6 Å². The van der Waals surface area contributed by atoms with E-state index >= 15 is 0 Å². The molecule has 3 heterocycles. The topological polar surface area (TPSA) is 70.2 Å². The lowest BCUT2D eigenvalue weighted by Crippen LogP contribution is -2.50. The van der Waals surface area contributed by atoms with Crippen molar-refractivity contribution < 1.29 is 32.3 Å². The molecule has 0 bridgehead atoms. The molecule has 0 N–H and O–H groups in total. The quantitative estimate of drug-likeness (QED) is 0.704. The second kappa shape index (κ2) is 9.09. The van der Waals surface area contributed by atoms with Gasteiger partial charge < -0.3 is 19.4 Å². The van der Waals surface area contributed by atoms with E-state index in [0.717, 1.165) is 12.1 Å². The minimum atomic E-state index is -4.51. The first-order chi connectivity index (χ1) is 15.2. The average molecular weight is 453 g/mol. The molecule has 0 spiro atoms. The normalized spacial score (nSPS) is 24.7. The van der Waals surface area contributed by atoms with Crippen LogP contribution in [-0.2, 0) is 25.3 Å². The number of hydrogen-bond acceptors (Lipinski definition) is 4. The van der Waals surface area contributed by atoms with Gasteiger partial charge in [-0.3, -0.25) is 14.4 Å². The van der Waals surface area contributed by atoms with Gasteiger partial charge in [-0.2, -0.15) is 13.2 Å². The molecular weight excluding hydrogens is 427 g/mol. The molecule has 2 unspecified atom stereocenters. The van der Waals surface area contributed by atoms with Gasteiger partial charge >= 0.3 is 6.18 Å². The van der Waals surface area contributed by atoms with E-state index in [1.165, 1.54) is 17.0 Å². The van der Waals surface area contributed by atoms with E-state index in [1.54, 1.807) is 9.80 Å². The third-order valence-corrected chi connectivity index (χ3v) is 6.36. The number of anilines is 1. The Morgan fingerprint density at radius 3 is 2.41 bits per heavy atom. The van der Waals surface area contributed by atoms with Crippen molar-refractivity contribution in [3.8, 4) is 0 Å².